The Morgan fingerprint density at radius 1 is 1.15 bits per heavy atom. The summed E-state index contributed by atoms with van der Waals surface area (Å²) in [6.45, 7) is 2.88. The molecule has 2 aromatic carbocycles. The van der Waals surface area contributed by atoms with Crippen molar-refractivity contribution in [2.45, 2.75) is 6.54 Å². The topological polar surface area (TPSA) is 67.2 Å². The second kappa shape index (κ2) is 7.28. The first-order valence-corrected chi connectivity index (χ1v) is 8.87. The number of carbonyl (C=O) groups is 1. The number of amides is 1. The number of nitrogens with zero attached hydrogens (tertiary/aromatic N) is 3. The van der Waals surface area contributed by atoms with E-state index in [4.69, 9.17) is 0 Å². The van der Waals surface area contributed by atoms with Crippen molar-refractivity contribution in [2.75, 3.05) is 26.2 Å². The lowest BCUT2D eigenvalue weighted by Gasteiger charge is -2.27. The molecule has 0 bridgehead atoms. The third-order valence-corrected chi connectivity index (χ3v) is 4.76. The Labute approximate surface area is 155 Å². The molecule has 1 fully saturated rings. The SMILES string of the molecule is O=C(c1cc(Cn2ncc(=O)c3ccccc32)ccc1F)N1CCNCC1. The standard InChI is InChI=1S/C20H19FN4O2/c21-17-6-5-14(11-16(17)20(27)24-9-7-22-8-10-24)13-25-18-4-2-1-3-15(18)19(26)12-23-25/h1-6,11-12,22H,7-10,13H2. The zero-order chi connectivity index (χ0) is 18.8. The predicted molar refractivity (Wildman–Crippen MR) is 100 cm³/mol. The molecule has 0 atom stereocenters. The van der Waals surface area contributed by atoms with Gasteiger partial charge in [0.15, 0.2) is 0 Å². The summed E-state index contributed by atoms with van der Waals surface area (Å²) in [6, 6.07) is 11.7. The molecule has 7 heteroatoms. The van der Waals surface area contributed by atoms with Crippen molar-refractivity contribution >= 4 is 16.8 Å². The minimum absolute atomic E-state index is 0.0692. The fraction of sp³-hybridized carbons (Fsp3) is 0.250. The van der Waals surface area contributed by atoms with E-state index in [1.807, 2.05) is 12.1 Å². The molecule has 0 saturated carbocycles. The van der Waals surface area contributed by atoms with E-state index in [0.29, 0.717) is 43.6 Å². The maximum atomic E-state index is 14.3. The monoisotopic (exact) mass is 366 g/mol. The van der Waals surface area contributed by atoms with Gasteiger partial charge in [-0.3, -0.25) is 14.3 Å². The van der Waals surface area contributed by atoms with E-state index >= 15 is 0 Å². The van der Waals surface area contributed by atoms with E-state index in [9.17, 15) is 14.0 Å². The van der Waals surface area contributed by atoms with Crippen LogP contribution in [0.3, 0.4) is 0 Å². The van der Waals surface area contributed by atoms with Crippen molar-refractivity contribution in [1.29, 1.82) is 0 Å². The minimum Gasteiger partial charge on any atom is -0.336 e. The highest BCUT2D eigenvalue weighted by Gasteiger charge is 2.21. The average molecular weight is 366 g/mol. The van der Waals surface area contributed by atoms with Gasteiger partial charge < -0.3 is 10.2 Å². The quantitative estimate of drug-likeness (QED) is 0.765. The lowest BCUT2D eigenvalue weighted by molar-refractivity contribution is 0.0731. The summed E-state index contributed by atoms with van der Waals surface area (Å²) >= 11 is 0. The Morgan fingerprint density at radius 2 is 1.93 bits per heavy atom. The summed E-state index contributed by atoms with van der Waals surface area (Å²) < 4.78 is 16.0. The van der Waals surface area contributed by atoms with Crippen LogP contribution < -0.4 is 10.7 Å². The number of halogens is 1. The fourth-order valence-corrected chi connectivity index (χ4v) is 3.33. The van der Waals surface area contributed by atoms with Crippen LogP contribution >= 0.6 is 0 Å². The van der Waals surface area contributed by atoms with Crippen LogP contribution in [-0.4, -0.2) is 46.8 Å². The lowest BCUT2D eigenvalue weighted by Crippen LogP contribution is -2.46. The summed E-state index contributed by atoms with van der Waals surface area (Å²) in [5, 5.41) is 7.95. The van der Waals surface area contributed by atoms with Crippen LogP contribution in [-0.2, 0) is 6.54 Å². The van der Waals surface area contributed by atoms with E-state index in [-0.39, 0.29) is 16.9 Å². The Kier molecular flexibility index (Phi) is 4.68. The third kappa shape index (κ3) is 3.46. The number of carbonyl (C=O) groups excluding carboxylic acids is 1. The van der Waals surface area contributed by atoms with Crippen molar-refractivity contribution in [3.63, 3.8) is 0 Å². The smallest absolute Gasteiger partial charge is 0.256 e. The summed E-state index contributed by atoms with van der Waals surface area (Å²) in [6.07, 6.45) is 1.28. The van der Waals surface area contributed by atoms with Crippen LogP contribution in [0.1, 0.15) is 15.9 Å². The Morgan fingerprint density at radius 3 is 2.74 bits per heavy atom. The highest BCUT2D eigenvalue weighted by Crippen LogP contribution is 2.16. The van der Waals surface area contributed by atoms with Crippen molar-refractivity contribution in [2.24, 2.45) is 0 Å². The normalized spacial score (nSPS) is 14.5. The van der Waals surface area contributed by atoms with Crippen LogP contribution in [0.2, 0.25) is 0 Å². The Balaban J connectivity index is 1.67. The second-order valence-electron chi connectivity index (χ2n) is 6.54. The summed E-state index contributed by atoms with van der Waals surface area (Å²) in [5.41, 5.74) is 1.37. The number of hydrogen-bond acceptors (Lipinski definition) is 4. The number of rotatable bonds is 3. The number of nitrogens with one attached hydrogen (secondary N) is 1. The number of benzene rings is 2. The van der Waals surface area contributed by atoms with Gasteiger partial charge in [-0.1, -0.05) is 18.2 Å². The zero-order valence-corrected chi connectivity index (χ0v) is 14.7. The van der Waals surface area contributed by atoms with E-state index in [1.54, 1.807) is 33.8 Å². The zero-order valence-electron chi connectivity index (χ0n) is 14.7. The fourth-order valence-electron chi connectivity index (χ4n) is 3.33. The molecule has 1 aliphatic heterocycles. The van der Waals surface area contributed by atoms with Gasteiger partial charge in [-0.2, -0.15) is 5.10 Å². The van der Waals surface area contributed by atoms with Crippen molar-refractivity contribution in [3.8, 4) is 0 Å². The second-order valence-corrected chi connectivity index (χ2v) is 6.54. The molecular weight excluding hydrogens is 347 g/mol. The lowest BCUT2D eigenvalue weighted by atomic mass is 10.1. The molecule has 0 spiro atoms. The molecule has 1 amide bonds. The van der Waals surface area contributed by atoms with Gasteiger partial charge in [0.2, 0.25) is 5.43 Å². The van der Waals surface area contributed by atoms with Crippen molar-refractivity contribution in [3.05, 3.63) is 75.8 Å². The Hall–Kier alpha value is -3.06. The molecule has 2 heterocycles. The molecule has 1 aromatic heterocycles. The molecule has 27 heavy (non-hydrogen) atoms. The molecule has 1 saturated heterocycles. The van der Waals surface area contributed by atoms with Crippen LogP contribution in [0.25, 0.3) is 10.9 Å². The summed E-state index contributed by atoms with van der Waals surface area (Å²) in [5.74, 6) is -0.825. The number of para-hydroxylation sites is 1. The summed E-state index contributed by atoms with van der Waals surface area (Å²) in [7, 11) is 0. The first-order valence-electron chi connectivity index (χ1n) is 8.87. The van der Waals surface area contributed by atoms with Gasteiger partial charge in [0, 0.05) is 31.6 Å². The molecule has 0 aliphatic carbocycles. The highest BCUT2D eigenvalue weighted by atomic mass is 19.1. The van der Waals surface area contributed by atoms with E-state index < -0.39 is 5.82 Å². The summed E-state index contributed by atoms with van der Waals surface area (Å²) in [4.78, 5) is 26.3. The molecule has 138 valence electrons. The van der Waals surface area contributed by atoms with E-state index in [2.05, 4.69) is 10.4 Å². The average Bonchev–Trinajstić information content (AvgIpc) is 2.72. The van der Waals surface area contributed by atoms with Crippen LogP contribution in [0.5, 0.6) is 0 Å². The maximum absolute atomic E-state index is 14.3. The first kappa shape index (κ1) is 17.4. The van der Waals surface area contributed by atoms with Crippen LogP contribution in [0.15, 0.2) is 53.5 Å². The molecule has 3 aromatic rings. The van der Waals surface area contributed by atoms with Crippen LogP contribution in [0, 0.1) is 5.82 Å². The van der Waals surface area contributed by atoms with Gasteiger partial charge in [0.1, 0.15) is 5.82 Å². The van der Waals surface area contributed by atoms with E-state index in [1.165, 1.54) is 12.3 Å². The number of aromatic nitrogens is 2. The van der Waals surface area contributed by atoms with Crippen molar-refractivity contribution < 1.29 is 9.18 Å². The minimum atomic E-state index is -0.528. The first-order chi connectivity index (χ1) is 13.1. The van der Waals surface area contributed by atoms with Gasteiger partial charge in [0.05, 0.1) is 23.8 Å². The van der Waals surface area contributed by atoms with E-state index in [0.717, 1.165) is 5.56 Å². The molecule has 0 radical (unpaired) electrons. The van der Waals surface area contributed by atoms with Gasteiger partial charge in [-0.15, -0.1) is 0 Å². The van der Waals surface area contributed by atoms with Gasteiger partial charge in [-0.05, 0) is 29.8 Å². The van der Waals surface area contributed by atoms with Gasteiger partial charge >= 0.3 is 0 Å². The maximum Gasteiger partial charge on any atom is 0.256 e. The van der Waals surface area contributed by atoms with Gasteiger partial charge in [-0.25, -0.2) is 4.39 Å². The number of fused-ring (bicyclic) bond motifs is 1. The predicted octanol–water partition coefficient (Wildman–Crippen LogP) is 1.63. The molecule has 4 rings (SSSR count). The third-order valence-electron chi connectivity index (χ3n) is 4.76. The van der Waals surface area contributed by atoms with Crippen LogP contribution in [0.4, 0.5) is 4.39 Å². The molecule has 1 aliphatic rings. The number of piperazine rings is 1. The highest BCUT2D eigenvalue weighted by molar-refractivity contribution is 5.94. The van der Waals surface area contributed by atoms with Crippen molar-refractivity contribution in [1.82, 2.24) is 20.0 Å². The number of hydrogen-bond donors (Lipinski definition) is 1. The molecule has 6 nitrogen and oxygen atoms in total. The molecule has 0 unspecified atom stereocenters. The largest absolute Gasteiger partial charge is 0.336 e. The molecule has 1 N–H and O–H groups in total. The molecular formula is C20H19FN4O2. The Bertz CT molecular complexity index is 1060. The van der Waals surface area contributed by atoms with Gasteiger partial charge in [0.25, 0.3) is 5.91 Å².